The normalized spacial score (nSPS) is 10.2. The molecule has 1 aromatic carbocycles. The highest BCUT2D eigenvalue weighted by atomic mass is 35.5. The third-order valence-electron chi connectivity index (χ3n) is 1.95. The molecule has 0 unspecified atom stereocenters. The summed E-state index contributed by atoms with van der Waals surface area (Å²) in [6, 6.07) is 5.82. The predicted octanol–water partition coefficient (Wildman–Crippen LogP) is 1.61. The maximum atomic E-state index is 5.97. The van der Waals surface area contributed by atoms with Crippen molar-refractivity contribution in [2.24, 2.45) is 0 Å². The van der Waals surface area contributed by atoms with Crippen molar-refractivity contribution >= 4 is 11.6 Å². The summed E-state index contributed by atoms with van der Waals surface area (Å²) in [5, 5.41) is 2.89. The maximum absolute atomic E-state index is 5.97. The Bertz CT molecular complexity index is 289. The fraction of sp³-hybridized carbons (Fsp3) is 0.455. The predicted molar refractivity (Wildman–Crippen MR) is 59.0 cm³/mol. The highest BCUT2D eigenvalue weighted by Gasteiger charge is 2.01. The van der Waals surface area contributed by atoms with Crippen molar-refractivity contribution in [3.8, 4) is 5.75 Å². The van der Waals surface area contributed by atoms with E-state index in [0.717, 1.165) is 18.8 Å². The average Bonchev–Trinajstić information content (AvgIpc) is 2.18. The standard InChI is InChI=1S/C11H16ClNO/c1-3-13-6-7-14-11-8-9(2)4-5-10(11)12/h4-5,8,13H,3,6-7H2,1-2H3/p+1. The van der Waals surface area contributed by atoms with Gasteiger partial charge in [0.05, 0.1) is 11.6 Å². The van der Waals surface area contributed by atoms with E-state index in [9.17, 15) is 0 Å². The number of halogens is 1. The average molecular weight is 215 g/mol. The van der Waals surface area contributed by atoms with Crippen LogP contribution in [0.2, 0.25) is 5.02 Å². The van der Waals surface area contributed by atoms with Gasteiger partial charge in [0, 0.05) is 0 Å². The summed E-state index contributed by atoms with van der Waals surface area (Å²) < 4.78 is 5.56. The molecule has 2 nitrogen and oxygen atoms in total. The zero-order valence-corrected chi connectivity index (χ0v) is 9.47. The minimum atomic E-state index is 0.687. The Balaban J connectivity index is 2.45. The first-order valence-electron chi connectivity index (χ1n) is 4.94. The quantitative estimate of drug-likeness (QED) is 0.741. The number of likely N-dealkylation sites (N-methyl/N-ethyl adjacent to an activating group) is 1. The number of benzene rings is 1. The Morgan fingerprint density at radius 2 is 2.21 bits per heavy atom. The van der Waals surface area contributed by atoms with E-state index in [0.29, 0.717) is 11.6 Å². The number of nitrogens with two attached hydrogens (primary N) is 1. The Labute approximate surface area is 90.2 Å². The van der Waals surface area contributed by atoms with E-state index >= 15 is 0 Å². The van der Waals surface area contributed by atoms with Crippen LogP contribution in [0.4, 0.5) is 0 Å². The van der Waals surface area contributed by atoms with Gasteiger partial charge in [0.15, 0.2) is 0 Å². The Morgan fingerprint density at radius 1 is 1.43 bits per heavy atom. The number of rotatable bonds is 5. The molecule has 0 radical (unpaired) electrons. The van der Waals surface area contributed by atoms with Crippen LogP contribution in [0.1, 0.15) is 12.5 Å². The zero-order chi connectivity index (χ0) is 10.4. The van der Waals surface area contributed by atoms with Crippen molar-refractivity contribution in [1.82, 2.24) is 0 Å². The second kappa shape index (κ2) is 5.89. The van der Waals surface area contributed by atoms with E-state index in [2.05, 4.69) is 12.2 Å². The van der Waals surface area contributed by atoms with Crippen LogP contribution < -0.4 is 10.1 Å². The van der Waals surface area contributed by atoms with Crippen LogP contribution in [-0.4, -0.2) is 19.7 Å². The molecule has 0 bridgehead atoms. The molecule has 0 spiro atoms. The number of quaternary nitrogens is 1. The van der Waals surface area contributed by atoms with Crippen molar-refractivity contribution in [1.29, 1.82) is 0 Å². The number of hydrogen-bond donors (Lipinski definition) is 1. The minimum absolute atomic E-state index is 0.687. The van der Waals surface area contributed by atoms with Gasteiger partial charge in [0.1, 0.15) is 18.9 Å². The van der Waals surface area contributed by atoms with Crippen LogP contribution in [0.25, 0.3) is 0 Å². The van der Waals surface area contributed by atoms with E-state index < -0.39 is 0 Å². The molecule has 1 rings (SSSR count). The third kappa shape index (κ3) is 3.56. The van der Waals surface area contributed by atoms with Crippen LogP contribution >= 0.6 is 11.6 Å². The summed E-state index contributed by atoms with van der Waals surface area (Å²) >= 11 is 5.97. The molecule has 0 amide bonds. The lowest BCUT2D eigenvalue weighted by Crippen LogP contribution is -2.84. The number of ether oxygens (including phenoxy) is 1. The summed E-state index contributed by atoms with van der Waals surface area (Å²) in [6.07, 6.45) is 0. The molecular weight excluding hydrogens is 198 g/mol. The highest BCUT2D eigenvalue weighted by molar-refractivity contribution is 6.32. The molecule has 14 heavy (non-hydrogen) atoms. The molecule has 0 aromatic heterocycles. The van der Waals surface area contributed by atoms with Crippen LogP contribution in [0.15, 0.2) is 18.2 Å². The zero-order valence-electron chi connectivity index (χ0n) is 8.72. The van der Waals surface area contributed by atoms with Crippen LogP contribution in [-0.2, 0) is 0 Å². The molecule has 1 aromatic rings. The summed E-state index contributed by atoms with van der Waals surface area (Å²) in [4.78, 5) is 0. The lowest BCUT2D eigenvalue weighted by molar-refractivity contribution is -0.652. The van der Waals surface area contributed by atoms with E-state index in [4.69, 9.17) is 16.3 Å². The molecular formula is C11H17ClNO+. The SMILES string of the molecule is CC[NH2+]CCOc1cc(C)ccc1Cl. The summed E-state index contributed by atoms with van der Waals surface area (Å²) in [7, 11) is 0. The molecule has 78 valence electrons. The van der Waals surface area contributed by atoms with Crippen LogP contribution in [0, 0.1) is 6.92 Å². The lowest BCUT2D eigenvalue weighted by atomic mass is 10.2. The first-order chi connectivity index (χ1) is 6.74. The first kappa shape index (κ1) is 11.3. The van der Waals surface area contributed by atoms with Crippen molar-refractivity contribution in [3.63, 3.8) is 0 Å². The molecule has 0 aliphatic heterocycles. The largest absolute Gasteiger partial charge is 0.486 e. The van der Waals surface area contributed by atoms with Gasteiger partial charge in [-0.2, -0.15) is 0 Å². The van der Waals surface area contributed by atoms with Crippen molar-refractivity contribution in [2.75, 3.05) is 19.7 Å². The molecule has 0 aliphatic rings. The third-order valence-corrected chi connectivity index (χ3v) is 2.27. The summed E-state index contributed by atoms with van der Waals surface area (Å²) in [6.45, 7) is 6.92. The topological polar surface area (TPSA) is 25.8 Å². The van der Waals surface area contributed by atoms with Crippen LogP contribution in [0.5, 0.6) is 5.75 Å². The second-order valence-corrected chi connectivity index (χ2v) is 3.68. The van der Waals surface area contributed by atoms with Gasteiger partial charge in [0.25, 0.3) is 0 Å². The first-order valence-corrected chi connectivity index (χ1v) is 5.32. The molecule has 0 atom stereocenters. The molecule has 0 aliphatic carbocycles. The lowest BCUT2D eigenvalue weighted by Gasteiger charge is -2.07. The molecule has 0 fully saturated rings. The summed E-state index contributed by atoms with van der Waals surface area (Å²) in [5.41, 5.74) is 1.17. The Morgan fingerprint density at radius 3 is 2.93 bits per heavy atom. The van der Waals surface area contributed by atoms with Gasteiger partial charge in [-0.1, -0.05) is 17.7 Å². The summed E-state index contributed by atoms with van der Waals surface area (Å²) in [5.74, 6) is 0.788. The second-order valence-electron chi connectivity index (χ2n) is 3.27. The van der Waals surface area contributed by atoms with Crippen molar-refractivity contribution < 1.29 is 10.1 Å². The van der Waals surface area contributed by atoms with E-state index in [-0.39, 0.29) is 0 Å². The highest BCUT2D eigenvalue weighted by Crippen LogP contribution is 2.24. The Kier molecular flexibility index (Phi) is 4.77. The van der Waals surface area contributed by atoms with Gasteiger partial charge in [-0.15, -0.1) is 0 Å². The van der Waals surface area contributed by atoms with Gasteiger partial charge >= 0.3 is 0 Å². The van der Waals surface area contributed by atoms with E-state index in [1.807, 2.05) is 25.1 Å². The van der Waals surface area contributed by atoms with E-state index in [1.54, 1.807) is 0 Å². The van der Waals surface area contributed by atoms with Gasteiger partial charge in [0.2, 0.25) is 0 Å². The van der Waals surface area contributed by atoms with Gasteiger partial charge in [-0.3, -0.25) is 0 Å². The van der Waals surface area contributed by atoms with Crippen LogP contribution in [0.3, 0.4) is 0 Å². The number of hydrogen-bond acceptors (Lipinski definition) is 1. The minimum Gasteiger partial charge on any atom is -0.486 e. The van der Waals surface area contributed by atoms with Crippen molar-refractivity contribution in [3.05, 3.63) is 28.8 Å². The molecule has 0 heterocycles. The van der Waals surface area contributed by atoms with E-state index in [1.165, 1.54) is 5.56 Å². The van der Waals surface area contributed by atoms with Gasteiger partial charge in [-0.05, 0) is 31.5 Å². The smallest absolute Gasteiger partial charge is 0.138 e. The fourth-order valence-electron chi connectivity index (χ4n) is 1.18. The number of aryl methyl sites for hydroxylation is 1. The molecule has 2 N–H and O–H groups in total. The van der Waals surface area contributed by atoms with Gasteiger partial charge < -0.3 is 10.1 Å². The molecule has 0 saturated heterocycles. The maximum Gasteiger partial charge on any atom is 0.138 e. The van der Waals surface area contributed by atoms with Crippen molar-refractivity contribution in [2.45, 2.75) is 13.8 Å². The monoisotopic (exact) mass is 214 g/mol. The fourth-order valence-corrected chi connectivity index (χ4v) is 1.35. The molecule has 3 heteroatoms. The molecule has 0 saturated carbocycles. The Hall–Kier alpha value is -0.730. The van der Waals surface area contributed by atoms with Gasteiger partial charge in [-0.25, -0.2) is 0 Å².